The molecule has 0 unspecified atom stereocenters. The Labute approximate surface area is 96.8 Å². The quantitative estimate of drug-likeness (QED) is 0.663. The summed E-state index contributed by atoms with van der Waals surface area (Å²) in [5.74, 6) is 0.807. The lowest BCUT2D eigenvalue weighted by Gasteiger charge is -1.97. The molecule has 1 aromatic carbocycles. The Balaban J connectivity index is 2.24. The first-order chi connectivity index (χ1) is 8.15. The molecule has 0 spiro atoms. The molecule has 0 aliphatic rings. The molecule has 86 valence electrons. The lowest BCUT2D eigenvalue weighted by atomic mass is 10.1. The molecule has 6 nitrogen and oxygen atoms in total. The Hall–Kier alpha value is -2.37. The van der Waals surface area contributed by atoms with E-state index >= 15 is 0 Å². The van der Waals surface area contributed by atoms with Crippen molar-refractivity contribution in [2.75, 3.05) is 5.73 Å². The maximum absolute atomic E-state index is 5.63. The molecule has 2 aromatic heterocycles. The fourth-order valence-corrected chi connectivity index (χ4v) is 1.74. The summed E-state index contributed by atoms with van der Waals surface area (Å²) in [5, 5.41) is 7.25. The van der Waals surface area contributed by atoms with Crippen LogP contribution < -0.4 is 5.73 Å². The van der Waals surface area contributed by atoms with E-state index < -0.39 is 0 Å². The molecule has 0 fully saturated rings. The number of nitrogens with one attached hydrogen (secondary N) is 1. The summed E-state index contributed by atoms with van der Waals surface area (Å²) < 4.78 is 4.56. The fourth-order valence-electron chi connectivity index (χ4n) is 1.74. The SMILES string of the molecule is Cc1cc2nc(-c3nonc3N)[nH]c2cc1C. The Morgan fingerprint density at radius 1 is 1.18 bits per heavy atom. The van der Waals surface area contributed by atoms with Gasteiger partial charge in [-0.25, -0.2) is 9.61 Å². The number of benzene rings is 1. The standard InChI is InChI=1S/C11H11N5O/c1-5-3-7-8(4-6(5)2)14-11(13-7)9-10(12)16-17-15-9/h3-4H,1-2H3,(H2,12,16)(H,13,14). The summed E-state index contributed by atoms with van der Waals surface area (Å²) in [6, 6.07) is 4.07. The molecule has 0 atom stereocenters. The smallest absolute Gasteiger partial charge is 0.199 e. The van der Waals surface area contributed by atoms with E-state index in [2.05, 4.69) is 38.8 Å². The summed E-state index contributed by atoms with van der Waals surface area (Å²) in [5.41, 5.74) is 10.3. The van der Waals surface area contributed by atoms with Crippen molar-refractivity contribution in [3.63, 3.8) is 0 Å². The number of nitrogens with two attached hydrogens (primary N) is 1. The second-order valence-corrected chi connectivity index (χ2v) is 4.04. The molecular weight excluding hydrogens is 218 g/mol. The molecule has 0 saturated heterocycles. The van der Waals surface area contributed by atoms with Crippen LogP contribution in [0.25, 0.3) is 22.6 Å². The Morgan fingerprint density at radius 2 is 1.94 bits per heavy atom. The maximum atomic E-state index is 5.63. The van der Waals surface area contributed by atoms with Crippen LogP contribution in [0.5, 0.6) is 0 Å². The van der Waals surface area contributed by atoms with Crippen LogP contribution in [0.2, 0.25) is 0 Å². The lowest BCUT2D eigenvalue weighted by molar-refractivity contribution is 0.310. The normalized spacial score (nSPS) is 11.2. The van der Waals surface area contributed by atoms with Crippen LogP contribution >= 0.6 is 0 Å². The highest BCUT2D eigenvalue weighted by Crippen LogP contribution is 2.24. The van der Waals surface area contributed by atoms with Crippen LogP contribution in [0, 0.1) is 13.8 Å². The number of hydrogen-bond donors (Lipinski definition) is 2. The van der Waals surface area contributed by atoms with E-state index in [1.165, 1.54) is 11.1 Å². The van der Waals surface area contributed by atoms with Gasteiger partial charge >= 0.3 is 0 Å². The van der Waals surface area contributed by atoms with E-state index in [0.29, 0.717) is 11.5 Å². The first-order valence-electron chi connectivity index (χ1n) is 5.20. The highest BCUT2D eigenvalue weighted by molar-refractivity contribution is 5.81. The average Bonchev–Trinajstić information content (AvgIpc) is 2.85. The zero-order valence-electron chi connectivity index (χ0n) is 9.48. The van der Waals surface area contributed by atoms with Crippen LogP contribution in [0.1, 0.15) is 11.1 Å². The third-order valence-electron chi connectivity index (χ3n) is 2.84. The van der Waals surface area contributed by atoms with Crippen LogP contribution in [0.4, 0.5) is 5.82 Å². The summed E-state index contributed by atoms with van der Waals surface area (Å²) in [6.07, 6.45) is 0. The number of rotatable bonds is 1. The van der Waals surface area contributed by atoms with Gasteiger partial charge in [-0.15, -0.1) is 0 Å². The molecule has 0 bridgehead atoms. The topological polar surface area (TPSA) is 93.6 Å². The monoisotopic (exact) mass is 229 g/mol. The molecule has 0 amide bonds. The first kappa shape index (κ1) is 9.83. The number of imidazole rings is 1. The molecule has 0 radical (unpaired) electrons. The van der Waals surface area contributed by atoms with Crippen molar-refractivity contribution in [2.24, 2.45) is 0 Å². The molecule has 3 aromatic rings. The van der Waals surface area contributed by atoms with Gasteiger partial charge in [-0.3, -0.25) is 0 Å². The molecule has 3 N–H and O–H groups in total. The van der Waals surface area contributed by atoms with Gasteiger partial charge in [0, 0.05) is 0 Å². The molecular formula is C11H11N5O. The third-order valence-corrected chi connectivity index (χ3v) is 2.84. The van der Waals surface area contributed by atoms with Crippen molar-refractivity contribution in [3.05, 3.63) is 23.3 Å². The van der Waals surface area contributed by atoms with Crippen molar-refractivity contribution in [1.29, 1.82) is 0 Å². The van der Waals surface area contributed by atoms with E-state index in [9.17, 15) is 0 Å². The minimum Gasteiger partial charge on any atom is -0.379 e. The van der Waals surface area contributed by atoms with E-state index in [0.717, 1.165) is 11.0 Å². The highest BCUT2D eigenvalue weighted by Gasteiger charge is 2.14. The van der Waals surface area contributed by atoms with Crippen LogP contribution in [-0.4, -0.2) is 20.3 Å². The zero-order valence-corrected chi connectivity index (χ0v) is 9.48. The number of aryl methyl sites for hydroxylation is 2. The Kier molecular flexibility index (Phi) is 1.91. The van der Waals surface area contributed by atoms with Gasteiger partial charge in [0.1, 0.15) is 0 Å². The van der Waals surface area contributed by atoms with Crippen molar-refractivity contribution in [2.45, 2.75) is 13.8 Å². The number of hydrogen-bond acceptors (Lipinski definition) is 5. The number of aromatic amines is 1. The summed E-state index contributed by atoms with van der Waals surface area (Å²) in [4.78, 5) is 7.57. The highest BCUT2D eigenvalue weighted by atomic mass is 16.6. The number of nitrogens with zero attached hydrogens (tertiary/aromatic N) is 3. The van der Waals surface area contributed by atoms with Gasteiger partial charge in [-0.05, 0) is 47.4 Å². The molecule has 2 heterocycles. The predicted molar refractivity (Wildman–Crippen MR) is 63.3 cm³/mol. The summed E-state index contributed by atoms with van der Waals surface area (Å²) in [7, 11) is 0. The average molecular weight is 229 g/mol. The molecule has 3 rings (SSSR count). The van der Waals surface area contributed by atoms with Crippen molar-refractivity contribution in [1.82, 2.24) is 20.3 Å². The number of H-pyrrole nitrogens is 1. The van der Waals surface area contributed by atoms with Gasteiger partial charge in [0.2, 0.25) is 0 Å². The zero-order chi connectivity index (χ0) is 12.0. The number of nitrogen functional groups attached to an aromatic ring is 1. The number of fused-ring (bicyclic) bond motifs is 1. The maximum Gasteiger partial charge on any atom is 0.199 e. The van der Waals surface area contributed by atoms with Gasteiger partial charge < -0.3 is 10.7 Å². The second kappa shape index (κ2) is 3.31. The Morgan fingerprint density at radius 3 is 2.65 bits per heavy atom. The predicted octanol–water partition coefficient (Wildman–Crippen LogP) is 1.81. The van der Waals surface area contributed by atoms with Crippen molar-refractivity contribution < 1.29 is 4.63 Å². The van der Waals surface area contributed by atoms with Crippen molar-refractivity contribution in [3.8, 4) is 11.5 Å². The third kappa shape index (κ3) is 1.45. The van der Waals surface area contributed by atoms with Crippen LogP contribution in [0.15, 0.2) is 16.8 Å². The molecule has 0 saturated carbocycles. The summed E-state index contributed by atoms with van der Waals surface area (Å²) >= 11 is 0. The first-order valence-corrected chi connectivity index (χ1v) is 5.20. The lowest BCUT2D eigenvalue weighted by Crippen LogP contribution is -1.89. The van der Waals surface area contributed by atoms with Gasteiger partial charge in [-0.2, -0.15) is 0 Å². The van der Waals surface area contributed by atoms with Crippen LogP contribution in [-0.2, 0) is 0 Å². The van der Waals surface area contributed by atoms with E-state index in [1.807, 2.05) is 12.1 Å². The van der Waals surface area contributed by atoms with Gasteiger partial charge in [0.25, 0.3) is 0 Å². The number of aromatic nitrogens is 4. The molecule has 6 heteroatoms. The molecule has 17 heavy (non-hydrogen) atoms. The Bertz CT molecular complexity index is 658. The second-order valence-electron chi connectivity index (χ2n) is 4.04. The van der Waals surface area contributed by atoms with Crippen LogP contribution in [0.3, 0.4) is 0 Å². The van der Waals surface area contributed by atoms with Gasteiger partial charge in [0.15, 0.2) is 17.3 Å². The minimum absolute atomic E-state index is 0.234. The molecule has 0 aliphatic heterocycles. The summed E-state index contributed by atoms with van der Waals surface area (Å²) in [6.45, 7) is 4.11. The number of anilines is 1. The van der Waals surface area contributed by atoms with Gasteiger partial charge in [-0.1, -0.05) is 0 Å². The molecule has 0 aliphatic carbocycles. The van der Waals surface area contributed by atoms with E-state index in [4.69, 9.17) is 5.73 Å². The fraction of sp³-hybridized carbons (Fsp3) is 0.182. The largest absolute Gasteiger partial charge is 0.379 e. The minimum atomic E-state index is 0.234. The van der Waals surface area contributed by atoms with Crippen molar-refractivity contribution >= 4 is 16.9 Å². The van der Waals surface area contributed by atoms with E-state index in [1.54, 1.807) is 0 Å². The van der Waals surface area contributed by atoms with E-state index in [-0.39, 0.29) is 5.82 Å². The van der Waals surface area contributed by atoms with Gasteiger partial charge in [0.05, 0.1) is 11.0 Å².